The first-order valence-electron chi connectivity index (χ1n) is 10.6. The smallest absolute Gasteiger partial charge is 0.224 e. The minimum Gasteiger partial charge on any atom is -0.493 e. The number of primary amides is 1. The number of benzene rings is 1. The van der Waals surface area contributed by atoms with E-state index in [2.05, 4.69) is 20.1 Å². The zero-order chi connectivity index (χ0) is 23.0. The van der Waals surface area contributed by atoms with E-state index in [0.29, 0.717) is 23.8 Å². The highest BCUT2D eigenvalue weighted by atomic mass is 16.5. The Labute approximate surface area is 185 Å². The SMILES string of the molecule is CCNC(=NCC(C)(C)C(N)=O)N1CCN(Cc2cc(OC)c(OC)c(OC)c2)CC1. The summed E-state index contributed by atoms with van der Waals surface area (Å²) in [6, 6.07) is 3.98. The van der Waals surface area contributed by atoms with E-state index in [1.165, 1.54) is 0 Å². The molecule has 1 amide bonds. The number of methoxy groups -OCH3 is 3. The van der Waals surface area contributed by atoms with Gasteiger partial charge in [0, 0.05) is 39.3 Å². The van der Waals surface area contributed by atoms with E-state index in [1.807, 2.05) is 32.9 Å². The van der Waals surface area contributed by atoms with Gasteiger partial charge >= 0.3 is 0 Å². The van der Waals surface area contributed by atoms with Gasteiger partial charge in [-0.05, 0) is 38.5 Å². The number of carbonyl (C=O) groups is 1. The van der Waals surface area contributed by atoms with Crippen LogP contribution in [-0.2, 0) is 11.3 Å². The number of nitrogens with two attached hydrogens (primary N) is 1. The van der Waals surface area contributed by atoms with Crippen molar-refractivity contribution in [2.75, 3.05) is 60.6 Å². The minimum atomic E-state index is -0.672. The number of nitrogens with one attached hydrogen (secondary N) is 1. The number of nitrogens with zero attached hydrogens (tertiary/aromatic N) is 3. The topological polar surface area (TPSA) is 102 Å². The van der Waals surface area contributed by atoms with E-state index < -0.39 is 5.41 Å². The molecule has 1 aromatic carbocycles. The predicted molar refractivity (Wildman–Crippen MR) is 122 cm³/mol. The fourth-order valence-electron chi connectivity index (χ4n) is 3.38. The van der Waals surface area contributed by atoms with Crippen molar-refractivity contribution in [1.29, 1.82) is 0 Å². The highest BCUT2D eigenvalue weighted by Gasteiger charge is 2.26. The first kappa shape index (κ1) is 24.6. The molecule has 0 spiro atoms. The quantitative estimate of drug-likeness (QED) is 0.445. The molecule has 174 valence electrons. The Kier molecular flexibility index (Phi) is 8.79. The summed E-state index contributed by atoms with van der Waals surface area (Å²) in [6.07, 6.45) is 0. The van der Waals surface area contributed by atoms with E-state index in [1.54, 1.807) is 21.3 Å². The molecule has 0 aliphatic carbocycles. The zero-order valence-corrected chi connectivity index (χ0v) is 19.7. The lowest BCUT2D eigenvalue weighted by Crippen LogP contribution is -2.52. The van der Waals surface area contributed by atoms with Gasteiger partial charge in [0.15, 0.2) is 17.5 Å². The normalized spacial score (nSPS) is 15.5. The van der Waals surface area contributed by atoms with Gasteiger partial charge in [-0.1, -0.05) is 0 Å². The lowest BCUT2D eigenvalue weighted by atomic mass is 9.93. The van der Waals surface area contributed by atoms with Crippen LogP contribution in [0.5, 0.6) is 17.2 Å². The van der Waals surface area contributed by atoms with Crippen molar-refractivity contribution in [1.82, 2.24) is 15.1 Å². The summed E-state index contributed by atoms with van der Waals surface area (Å²) in [4.78, 5) is 20.9. The van der Waals surface area contributed by atoms with E-state index >= 15 is 0 Å². The number of hydrogen-bond acceptors (Lipinski definition) is 6. The average molecular weight is 436 g/mol. The lowest BCUT2D eigenvalue weighted by Gasteiger charge is -2.37. The van der Waals surface area contributed by atoms with Crippen LogP contribution >= 0.6 is 0 Å². The van der Waals surface area contributed by atoms with E-state index in [9.17, 15) is 4.79 Å². The maximum absolute atomic E-state index is 11.6. The molecule has 0 aromatic heterocycles. The summed E-state index contributed by atoms with van der Waals surface area (Å²) < 4.78 is 16.3. The van der Waals surface area contributed by atoms with Gasteiger partial charge in [-0.15, -0.1) is 0 Å². The third-order valence-corrected chi connectivity index (χ3v) is 5.43. The first-order valence-corrected chi connectivity index (χ1v) is 10.6. The number of carbonyl (C=O) groups excluding carboxylic acids is 1. The summed E-state index contributed by atoms with van der Waals surface area (Å²) in [7, 11) is 4.86. The second-order valence-electron chi connectivity index (χ2n) is 8.22. The van der Waals surface area contributed by atoms with Gasteiger partial charge in [-0.25, -0.2) is 0 Å². The Bertz CT molecular complexity index is 748. The molecule has 1 saturated heterocycles. The van der Waals surface area contributed by atoms with Crippen molar-refractivity contribution in [2.24, 2.45) is 16.1 Å². The number of rotatable bonds is 9. The highest BCUT2D eigenvalue weighted by molar-refractivity contribution is 5.82. The van der Waals surface area contributed by atoms with Crippen molar-refractivity contribution < 1.29 is 19.0 Å². The summed E-state index contributed by atoms with van der Waals surface area (Å²) >= 11 is 0. The van der Waals surface area contributed by atoms with Crippen LogP contribution in [-0.4, -0.2) is 82.3 Å². The van der Waals surface area contributed by atoms with Gasteiger partial charge in [0.05, 0.1) is 33.3 Å². The van der Waals surface area contributed by atoms with Crippen LogP contribution < -0.4 is 25.3 Å². The van der Waals surface area contributed by atoms with Gasteiger partial charge in [-0.2, -0.15) is 0 Å². The standard InChI is InChI=1S/C22H37N5O4/c1-7-24-21(25-15-22(2,3)20(23)28)27-10-8-26(9-11-27)14-16-12-17(29-4)19(31-6)18(13-16)30-5/h12-13H,7-11,14-15H2,1-6H3,(H2,23,28)(H,24,25). The second-order valence-corrected chi connectivity index (χ2v) is 8.22. The number of ether oxygens (including phenoxy) is 3. The Morgan fingerprint density at radius 1 is 1.10 bits per heavy atom. The number of guanidine groups is 1. The predicted octanol–water partition coefficient (Wildman–Crippen LogP) is 1.31. The van der Waals surface area contributed by atoms with Gasteiger partial charge < -0.3 is 30.2 Å². The molecule has 9 heteroatoms. The van der Waals surface area contributed by atoms with Crippen LogP contribution in [0.1, 0.15) is 26.3 Å². The van der Waals surface area contributed by atoms with Crippen molar-refractivity contribution in [3.05, 3.63) is 17.7 Å². The summed E-state index contributed by atoms with van der Waals surface area (Å²) in [6.45, 7) is 11.0. The minimum absolute atomic E-state index is 0.345. The van der Waals surface area contributed by atoms with Crippen LogP contribution in [0.2, 0.25) is 0 Å². The number of piperazine rings is 1. The molecule has 1 aromatic rings. The Balaban J connectivity index is 2.03. The molecule has 31 heavy (non-hydrogen) atoms. The van der Waals surface area contributed by atoms with Crippen LogP contribution in [0.25, 0.3) is 0 Å². The molecular formula is C22H37N5O4. The second kappa shape index (κ2) is 11.1. The van der Waals surface area contributed by atoms with Crippen molar-refractivity contribution in [3.8, 4) is 17.2 Å². The largest absolute Gasteiger partial charge is 0.493 e. The van der Waals surface area contributed by atoms with Crippen molar-refractivity contribution in [2.45, 2.75) is 27.3 Å². The molecule has 9 nitrogen and oxygen atoms in total. The molecular weight excluding hydrogens is 398 g/mol. The van der Waals surface area contributed by atoms with Crippen LogP contribution in [0.4, 0.5) is 0 Å². The number of amides is 1. The highest BCUT2D eigenvalue weighted by Crippen LogP contribution is 2.38. The molecule has 1 fully saturated rings. The number of hydrogen-bond donors (Lipinski definition) is 2. The van der Waals surface area contributed by atoms with Crippen LogP contribution in [0.3, 0.4) is 0 Å². The molecule has 0 saturated carbocycles. The third kappa shape index (κ3) is 6.40. The average Bonchev–Trinajstić information content (AvgIpc) is 2.76. The summed E-state index contributed by atoms with van der Waals surface area (Å²) in [5.41, 5.74) is 5.92. The lowest BCUT2D eigenvalue weighted by molar-refractivity contribution is -0.125. The molecule has 0 unspecified atom stereocenters. The molecule has 1 heterocycles. The number of aliphatic imine (C=N–C) groups is 1. The van der Waals surface area contributed by atoms with Gasteiger partial charge in [0.25, 0.3) is 0 Å². The van der Waals surface area contributed by atoms with Gasteiger partial charge in [0.1, 0.15) is 0 Å². The Morgan fingerprint density at radius 3 is 2.13 bits per heavy atom. The van der Waals surface area contributed by atoms with E-state index in [4.69, 9.17) is 19.9 Å². The Morgan fingerprint density at radius 2 is 1.68 bits per heavy atom. The first-order chi connectivity index (χ1) is 14.7. The van der Waals surface area contributed by atoms with E-state index in [0.717, 1.165) is 50.8 Å². The fraction of sp³-hybridized carbons (Fsp3) is 0.636. The molecule has 0 radical (unpaired) electrons. The maximum atomic E-state index is 11.6. The third-order valence-electron chi connectivity index (χ3n) is 5.43. The van der Waals surface area contributed by atoms with Crippen LogP contribution in [0.15, 0.2) is 17.1 Å². The van der Waals surface area contributed by atoms with Crippen molar-refractivity contribution >= 4 is 11.9 Å². The molecule has 0 bridgehead atoms. The Hall–Kier alpha value is -2.68. The fourth-order valence-corrected chi connectivity index (χ4v) is 3.38. The summed E-state index contributed by atoms with van der Waals surface area (Å²) in [5.74, 6) is 2.40. The summed E-state index contributed by atoms with van der Waals surface area (Å²) in [5, 5.41) is 3.33. The molecule has 2 rings (SSSR count). The molecule has 1 aliphatic heterocycles. The van der Waals surface area contributed by atoms with Crippen LogP contribution in [0, 0.1) is 5.41 Å². The zero-order valence-electron chi connectivity index (χ0n) is 19.7. The van der Waals surface area contributed by atoms with Crippen molar-refractivity contribution in [3.63, 3.8) is 0 Å². The van der Waals surface area contributed by atoms with E-state index in [-0.39, 0.29) is 5.91 Å². The molecule has 1 aliphatic rings. The monoisotopic (exact) mass is 435 g/mol. The molecule has 3 N–H and O–H groups in total. The van der Waals surface area contributed by atoms with Gasteiger partial charge in [0.2, 0.25) is 11.7 Å². The molecule has 0 atom stereocenters. The maximum Gasteiger partial charge on any atom is 0.224 e. The van der Waals surface area contributed by atoms with Gasteiger partial charge in [-0.3, -0.25) is 14.7 Å².